The molecule has 20 heavy (non-hydrogen) atoms. The lowest BCUT2D eigenvalue weighted by Crippen LogP contribution is -2.52. The molecule has 0 amide bonds. The number of halogens is 2. The monoisotopic (exact) mass is 315 g/mol. The molecule has 5 heteroatoms. The summed E-state index contributed by atoms with van der Waals surface area (Å²) in [5.41, 5.74) is -0.700. The van der Waals surface area contributed by atoms with Gasteiger partial charge in [0.05, 0.1) is 0 Å². The Morgan fingerprint density at radius 3 is 2.55 bits per heavy atom. The summed E-state index contributed by atoms with van der Waals surface area (Å²) in [6.45, 7) is 1.65. The third-order valence-corrected chi connectivity index (χ3v) is 4.56. The molecule has 1 saturated carbocycles. The van der Waals surface area contributed by atoms with E-state index in [-0.39, 0.29) is 6.04 Å². The van der Waals surface area contributed by atoms with Crippen molar-refractivity contribution in [3.05, 3.63) is 33.8 Å². The first-order chi connectivity index (χ1) is 9.43. The molecule has 1 atom stereocenters. The van der Waals surface area contributed by atoms with Crippen molar-refractivity contribution in [3.8, 4) is 0 Å². The molecule has 1 aliphatic carbocycles. The topological polar surface area (TPSA) is 49.3 Å². The van der Waals surface area contributed by atoms with Gasteiger partial charge in [-0.3, -0.25) is 5.32 Å². The Labute approximate surface area is 129 Å². The van der Waals surface area contributed by atoms with E-state index in [2.05, 4.69) is 5.32 Å². The number of nitrogens with one attached hydrogen (secondary N) is 1. The summed E-state index contributed by atoms with van der Waals surface area (Å²) >= 11 is 12.2. The average Bonchev–Trinajstić information content (AvgIpc) is 2.42. The smallest absolute Gasteiger partial charge is 0.328 e. The second kappa shape index (κ2) is 6.33. The lowest BCUT2D eigenvalue weighted by molar-refractivity contribution is -0.145. The fourth-order valence-electron chi connectivity index (χ4n) is 2.79. The molecule has 0 saturated heterocycles. The molecule has 1 aromatic rings. The zero-order chi connectivity index (χ0) is 14.8. The summed E-state index contributed by atoms with van der Waals surface area (Å²) in [6, 6.07) is 5.15. The van der Waals surface area contributed by atoms with Crippen LogP contribution in [0.1, 0.15) is 44.6 Å². The number of rotatable bonds is 4. The predicted octanol–water partition coefficient (Wildman–Crippen LogP) is 4.22. The molecule has 0 heterocycles. The lowest BCUT2D eigenvalue weighted by Gasteiger charge is -2.34. The van der Waals surface area contributed by atoms with Gasteiger partial charge >= 0.3 is 5.97 Å². The van der Waals surface area contributed by atoms with Crippen LogP contribution in [0.3, 0.4) is 0 Å². The standard InChI is InChI=1S/C15H19Cl2NO2/c1-15(14(19)20,18-11-5-3-2-4-6-11)12-9-10(16)7-8-13(12)17/h7-9,11,18H,2-6H2,1H3,(H,19,20). The number of benzene rings is 1. The second-order valence-corrected chi connectivity index (χ2v) is 6.38. The van der Waals surface area contributed by atoms with Crippen molar-refractivity contribution in [2.75, 3.05) is 0 Å². The number of carboxylic acids is 1. The maximum atomic E-state index is 11.8. The van der Waals surface area contributed by atoms with Gasteiger partial charge < -0.3 is 5.11 Å². The van der Waals surface area contributed by atoms with Crippen LogP contribution in [0.2, 0.25) is 10.0 Å². The number of hydrogen-bond donors (Lipinski definition) is 2. The SMILES string of the molecule is CC(NC1CCCCC1)(C(=O)O)c1cc(Cl)ccc1Cl. The third-order valence-electron chi connectivity index (χ3n) is 3.99. The zero-order valence-corrected chi connectivity index (χ0v) is 13.0. The molecular weight excluding hydrogens is 297 g/mol. The second-order valence-electron chi connectivity index (χ2n) is 5.53. The van der Waals surface area contributed by atoms with Crippen LogP contribution in [0.4, 0.5) is 0 Å². The summed E-state index contributed by atoms with van der Waals surface area (Å²) in [5, 5.41) is 13.8. The number of carboxylic acid groups (broad SMARTS) is 1. The van der Waals surface area contributed by atoms with Crippen molar-refractivity contribution in [2.24, 2.45) is 0 Å². The molecule has 110 valence electrons. The quantitative estimate of drug-likeness (QED) is 0.874. The molecular formula is C15H19Cl2NO2. The van der Waals surface area contributed by atoms with E-state index in [0.29, 0.717) is 15.6 Å². The van der Waals surface area contributed by atoms with Gasteiger partial charge in [0.2, 0.25) is 0 Å². The van der Waals surface area contributed by atoms with E-state index in [1.165, 1.54) is 6.42 Å². The van der Waals surface area contributed by atoms with Crippen LogP contribution in [0.25, 0.3) is 0 Å². The van der Waals surface area contributed by atoms with Gasteiger partial charge in [0.15, 0.2) is 0 Å². The van der Waals surface area contributed by atoms with Crippen LogP contribution in [-0.2, 0) is 10.3 Å². The Balaban J connectivity index is 2.32. The highest BCUT2D eigenvalue weighted by Crippen LogP contribution is 2.33. The van der Waals surface area contributed by atoms with Crippen LogP contribution >= 0.6 is 23.2 Å². The minimum atomic E-state index is -1.22. The van der Waals surface area contributed by atoms with Crippen LogP contribution in [0, 0.1) is 0 Å². The average molecular weight is 316 g/mol. The Hall–Kier alpha value is -0.770. The van der Waals surface area contributed by atoms with E-state index < -0.39 is 11.5 Å². The molecule has 0 bridgehead atoms. The van der Waals surface area contributed by atoms with E-state index in [1.54, 1.807) is 25.1 Å². The van der Waals surface area contributed by atoms with Crippen molar-refractivity contribution in [3.63, 3.8) is 0 Å². The maximum absolute atomic E-state index is 11.8. The van der Waals surface area contributed by atoms with Crippen LogP contribution in [0.5, 0.6) is 0 Å². The molecule has 1 aliphatic rings. The fraction of sp³-hybridized carbons (Fsp3) is 0.533. The number of aliphatic carboxylic acids is 1. The molecule has 3 nitrogen and oxygen atoms in total. The Morgan fingerprint density at radius 1 is 1.30 bits per heavy atom. The Morgan fingerprint density at radius 2 is 1.95 bits per heavy atom. The highest BCUT2D eigenvalue weighted by molar-refractivity contribution is 6.33. The first-order valence-electron chi connectivity index (χ1n) is 6.90. The molecule has 1 aromatic carbocycles. The van der Waals surface area contributed by atoms with Crippen molar-refractivity contribution in [2.45, 2.75) is 50.6 Å². The van der Waals surface area contributed by atoms with Gasteiger partial charge in [-0.15, -0.1) is 0 Å². The minimum Gasteiger partial charge on any atom is -0.480 e. The number of carbonyl (C=O) groups is 1. The van der Waals surface area contributed by atoms with E-state index in [0.717, 1.165) is 25.7 Å². The molecule has 1 unspecified atom stereocenters. The molecule has 0 radical (unpaired) electrons. The fourth-order valence-corrected chi connectivity index (χ4v) is 3.27. The first-order valence-corrected chi connectivity index (χ1v) is 7.65. The van der Waals surface area contributed by atoms with Crippen LogP contribution in [0.15, 0.2) is 18.2 Å². The maximum Gasteiger partial charge on any atom is 0.328 e. The van der Waals surface area contributed by atoms with Gasteiger partial charge in [-0.05, 0) is 38.0 Å². The molecule has 0 aliphatic heterocycles. The molecule has 1 fully saturated rings. The number of hydrogen-bond acceptors (Lipinski definition) is 2. The normalized spacial score (nSPS) is 19.6. The summed E-state index contributed by atoms with van der Waals surface area (Å²) in [7, 11) is 0. The van der Waals surface area contributed by atoms with Crippen LogP contribution in [-0.4, -0.2) is 17.1 Å². The van der Waals surface area contributed by atoms with Crippen molar-refractivity contribution < 1.29 is 9.90 Å². The van der Waals surface area contributed by atoms with Gasteiger partial charge in [0.25, 0.3) is 0 Å². The highest BCUT2D eigenvalue weighted by Gasteiger charge is 2.39. The molecule has 2 N–H and O–H groups in total. The third kappa shape index (κ3) is 3.27. The van der Waals surface area contributed by atoms with Crippen LogP contribution < -0.4 is 5.32 Å². The van der Waals surface area contributed by atoms with E-state index >= 15 is 0 Å². The van der Waals surface area contributed by atoms with Crippen molar-refractivity contribution in [1.29, 1.82) is 0 Å². The minimum absolute atomic E-state index is 0.208. The zero-order valence-electron chi connectivity index (χ0n) is 11.5. The summed E-state index contributed by atoms with van der Waals surface area (Å²) in [5.74, 6) is -0.938. The predicted molar refractivity (Wildman–Crippen MR) is 81.5 cm³/mol. The summed E-state index contributed by atoms with van der Waals surface area (Å²) in [4.78, 5) is 11.8. The van der Waals surface area contributed by atoms with Crippen molar-refractivity contribution >= 4 is 29.2 Å². The van der Waals surface area contributed by atoms with Gasteiger partial charge in [-0.2, -0.15) is 0 Å². The summed E-state index contributed by atoms with van der Waals surface area (Å²) < 4.78 is 0. The summed E-state index contributed by atoms with van der Waals surface area (Å²) in [6.07, 6.45) is 5.50. The largest absolute Gasteiger partial charge is 0.480 e. The van der Waals surface area contributed by atoms with Gasteiger partial charge in [0.1, 0.15) is 5.54 Å². The van der Waals surface area contributed by atoms with Crippen molar-refractivity contribution in [1.82, 2.24) is 5.32 Å². The molecule has 0 spiro atoms. The van der Waals surface area contributed by atoms with E-state index in [4.69, 9.17) is 23.2 Å². The Bertz CT molecular complexity index is 501. The van der Waals surface area contributed by atoms with Gasteiger partial charge in [-0.25, -0.2) is 4.79 Å². The van der Waals surface area contributed by atoms with Gasteiger partial charge in [-0.1, -0.05) is 42.5 Å². The molecule has 0 aromatic heterocycles. The van der Waals surface area contributed by atoms with E-state index in [9.17, 15) is 9.90 Å². The van der Waals surface area contributed by atoms with E-state index in [1.807, 2.05) is 0 Å². The first kappa shape index (κ1) is 15.6. The Kier molecular flexibility index (Phi) is 4.95. The van der Waals surface area contributed by atoms with Gasteiger partial charge in [0, 0.05) is 21.7 Å². The lowest BCUT2D eigenvalue weighted by atomic mass is 9.87. The highest BCUT2D eigenvalue weighted by atomic mass is 35.5. The molecule has 2 rings (SSSR count).